The predicted molar refractivity (Wildman–Crippen MR) is 121 cm³/mol. The number of cyclic esters (lactones) is 2. The number of nitrogens with zero attached hydrogens (tertiary/aromatic N) is 1. The fourth-order valence-corrected chi connectivity index (χ4v) is 4.39. The van der Waals surface area contributed by atoms with Gasteiger partial charge in [0.2, 0.25) is 0 Å². The van der Waals surface area contributed by atoms with Crippen LogP contribution < -0.4 is 0 Å². The van der Waals surface area contributed by atoms with Gasteiger partial charge in [0.1, 0.15) is 6.10 Å². The number of ether oxygens (including phenoxy) is 2. The lowest BCUT2D eigenvalue weighted by Crippen LogP contribution is -2.41. The molecule has 6 nitrogen and oxygen atoms in total. The number of carbonyl (C=O) groups excluding carboxylic acids is 3. The second-order valence-electron chi connectivity index (χ2n) is 8.27. The second kappa shape index (κ2) is 9.00. The zero-order valence-corrected chi connectivity index (χ0v) is 18.0. The van der Waals surface area contributed by atoms with Crippen molar-refractivity contribution in [3.8, 4) is 0 Å². The topological polar surface area (TPSA) is 72.9 Å². The minimum atomic E-state index is -0.704. The Kier molecular flexibility index (Phi) is 5.75. The van der Waals surface area contributed by atoms with Crippen molar-refractivity contribution in [3.63, 3.8) is 0 Å². The van der Waals surface area contributed by atoms with E-state index < -0.39 is 11.9 Å². The maximum Gasteiger partial charge on any atom is 0.346 e. The van der Waals surface area contributed by atoms with E-state index in [0.29, 0.717) is 31.5 Å². The van der Waals surface area contributed by atoms with Crippen LogP contribution in [0.25, 0.3) is 0 Å². The molecule has 2 aliphatic heterocycles. The molecule has 3 aromatic rings. The Bertz CT molecular complexity index is 1140. The van der Waals surface area contributed by atoms with Crippen molar-refractivity contribution in [3.05, 3.63) is 107 Å². The summed E-state index contributed by atoms with van der Waals surface area (Å²) in [6.07, 6.45) is 1.28. The normalized spacial score (nSPS) is 16.1. The van der Waals surface area contributed by atoms with E-state index in [9.17, 15) is 14.4 Å². The van der Waals surface area contributed by atoms with Gasteiger partial charge in [-0.25, -0.2) is 9.59 Å². The van der Waals surface area contributed by atoms with E-state index >= 15 is 0 Å². The highest BCUT2D eigenvalue weighted by Crippen LogP contribution is 2.30. The number of fused-ring (bicyclic) bond motifs is 1. The monoisotopic (exact) mass is 441 g/mol. The van der Waals surface area contributed by atoms with Gasteiger partial charge in [0.05, 0.1) is 17.2 Å². The largest absolute Gasteiger partial charge is 0.386 e. The van der Waals surface area contributed by atoms with Crippen LogP contribution in [-0.4, -0.2) is 41.9 Å². The Balaban J connectivity index is 1.26. The Labute approximate surface area is 191 Å². The van der Waals surface area contributed by atoms with E-state index in [1.54, 1.807) is 11.0 Å². The van der Waals surface area contributed by atoms with Gasteiger partial charge in [0.15, 0.2) is 0 Å². The molecule has 33 heavy (non-hydrogen) atoms. The highest BCUT2D eigenvalue weighted by atomic mass is 16.6. The number of carbonyl (C=O) groups is 3. The number of hydrogen-bond acceptors (Lipinski definition) is 5. The number of piperidine rings is 1. The van der Waals surface area contributed by atoms with Crippen molar-refractivity contribution < 1.29 is 23.9 Å². The first-order chi connectivity index (χ1) is 16.1. The molecular formula is C27H23NO5. The van der Waals surface area contributed by atoms with Gasteiger partial charge in [-0.1, -0.05) is 60.7 Å². The lowest BCUT2D eigenvalue weighted by atomic mass is 9.99. The van der Waals surface area contributed by atoms with Crippen molar-refractivity contribution in [1.29, 1.82) is 0 Å². The minimum Gasteiger partial charge on any atom is -0.386 e. The smallest absolute Gasteiger partial charge is 0.346 e. The molecule has 2 aliphatic rings. The first-order valence-electron chi connectivity index (χ1n) is 11.1. The summed E-state index contributed by atoms with van der Waals surface area (Å²) < 4.78 is 11.2. The van der Waals surface area contributed by atoms with Gasteiger partial charge in [-0.3, -0.25) is 4.79 Å². The molecule has 0 aromatic heterocycles. The summed E-state index contributed by atoms with van der Waals surface area (Å²) in [6, 6.07) is 24.8. The van der Waals surface area contributed by atoms with Gasteiger partial charge < -0.3 is 14.4 Å². The maximum absolute atomic E-state index is 13.0. The molecule has 1 amide bonds. The molecule has 6 heteroatoms. The molecule has 166 valence electrons. The van der Waals surface area contributed by atoms with Crippen LogP contribution in [0.15, 0.2) is 78.9 Å². The molecule has 0 N–H and O–H groups in total. The molecule has 0 saturated carbocycles. The summed E-state index contributed by atoms with van der Waals surface area (Å²) in [5, 5.41) is 0. The molecule has 5 rings (SSSR count). The zero-order chi connectivity index (χ0) is 22.8. The summed E-state index contributed by atoms with van der Waals surface area (Å²) in [7, 11) is 0. The van der Waals surface area contributed by atoms with Crippen molar-refractivity contribution >= 4 is 17.8 Å². The van der Waals surface area contributed by atoms with E-state index in [1.807, 2.05) is 36.4 Å². The van der Waals surface area contributed by atoms with Crippen LogP contribution in [0.2, 0.25) is 0 Å². The van der Waals surface area contributed by atoms with Crippen LogP contribution in [0.3, 0.4) is 0 Å². The van der Waals surface area contributed by atoms with Crippen LogP contribution in [0.1, 0.15) is 61.1 Å². The molecule has 1 saturated heterocycles. The average molecular weight is 441 g/mol. The van der Waals surface area contributed by atoms with Crippen molar-refractivity contribution in [2.45, 2.75) is 25.0 Å². The van der Waals surface area contributed by atoms with Crippen molar-refractivity contribution in [2.24, 2.45) is 0 Å². The second-order valence-corrected chi connectivity index (χ2v) is 8.27. The Hall–Kier alpha value is -3.77. The van der Waals surface area contributed by atoms with Crippen LogP contribution in [0.4, 0.5) is 0 Å². The van der Waals surface area contributed by atoms with Crippen LogP contribution in [-0.2, 0) is 9.47 Å². The number of hydrogen-bond donors (Lipinski definition) is 0. The third kappa shape index (κ3) is 4.30. The first-order valence-corrected chi connectivity index (χ1v) is 11.1. The van der Waals surface area contributed by atoms with Gasteiger partial charge in [-0.2, -0.15) is 0 Å². The fourth-order valence-electron chi connectivity index (χ4n) is 4.39. The Morgan fingerprint density at radius 2 is 1.39 bits per heavy atom. The summed E-state index contributed by atoms with van der Waals surface area (Å²) in [6.45, 7) is 1.11. The van der Waals surface area contributed by atoms with Gasteiger partial charge in [-0.15, -0.1) is 0 Å². The molecule has 0 bridgehead atoms. The fraction of sp³-hybridized carbons (Fsp3) is 0.222. The lowest BCUT2D eigenvalue weighted by Gasteiger charge is -2.34. The third-order valence-corrected chi connectivity index (χ3v) is 6.15. The molecule has 3 aromatic carbocycles. The van der Waals surface area contributed by atoms with Gasteiger partial charge in [0.25, 0.3) is 5.91 Å². The quantitative estimate of drug-likeness (QED) is 0.433. The molecule has 0 atom stereocenters. The van der Waals surface area contributed by atoms with Crippen molar-refractivity contribution in [2.75, 3.05) is 13.1 Å². The van der Waals surface area contributed by atoms with E-state index in [-0.39, 0.29) is 29.2 Å². The number of esters is 2. The highest BCUT2D eigenvalue weighted by Gasteiger charge is 2.32. The summed E-state index contributed by atoms with van der Waals surface area (Å²) >= 11 is 0. The number of amides is 1. The number of rotatable bonds is 5. The standard InChI is InChI=1S/C27H23NO5/c29-25(20-11-12-22-23(17-20)27(31)33-26(22)30)28-15-13-21(14-16-28)32-24(18-7-3-1-4-8-18)19-9-5-2-6-10-19/h1-12,17,21,24H,13-16H2. The molecular weight excluding hydrogens is 418 g/mol. The first kappa shape index (κ1) is 21.1. The summed E-state index contributed by atoms with van der Waals surface area (Å²) in [5.41, 5.74) is 2.93. The molecule has 2 heterocycles. The van der Waals surface area contributed by atoms with Crippen LogP contribution >= 0.6 is 0 Å². The Morgan fingerprint density at radius 3 is 2.00 bits per heavy atom. The van der Waals surface area contributed by atoms with E-state index in [0.717, 1.165) is 11.1 Å². The predicted octanol–water partition coefficient (Wildman–Crippen LogP) is 4.41. The molecule has 0 radical (unpaired) electrons. The van der Waals surface area contributed by atoms with Gasteiger partial charge in [0, 0.05) is 18.7 Å². The number of benzene rings is 3. The molecule has 0 spiro atoms. The minimum absolute atomic E-state index is 0.0204. The summed E-state index contributed by atoms with van der Waals surface area (Å²) in [5.74, 6) is -1.53. The van der Waals surface area contributed by atoms with E-state index in [4.69, 9.17) is 4.74 Å². The average Bonchev–Trinajstić information content (AvgIpc) is 3.16. The third-order valence-electron chi connectivity index (χ3n) is 6.15. The van der Waals surface area contributed by atoms with Crippen LogP contribution in [0.5, 0.6) is 0 Å². The molecule has 0 aliphatic carbocycles. The van der Waals surface area contributed by atoms with Crippen LogP contribution in [0, 0.1) is 0 Å². The molecule has 0 unspecified atom stereocenters. The Morgan fingerprint density at radius 1 is 0.818 bits per heavy atom. The summed E-state index contributed by atoms with van der Waals surface area (Å²) in [4.78, 5) is 38.2. The van der Waals surface area contributed by atoms with E-state index in [1.165, 1.54) is 12.1 Å². The van der Waals surface area contributed by atoms with Gasteiger partial charge >= 0.3 is 11.9 Å². The van der Waals surface area contributed by atoms with E-state index in [2.05, 4.69) is 29.0 Å². The van der Waals surface area contributed by atoms with Gasteiger partial charge in [-0.05, 0) is 42.2 Å². The lowest BCUT2D eigenvalue weighted by molar-refractivity contribution is -0.0238. The molecule has 1 fully saturated rings. The zero-order valence-electron chi connectivity index (χ0n) is 18.0. The highest BCUT2D eigenvalue weighted by molar-refractivity contribution is 6.15. The number of likely N-dealkylation sites (tertiary alicyclic amines) is 1. The maximum atomic E-state index is 13.0. The van der Waals surface area contributed by atoms with Crippen molar-refractivity contribution in [1.82, 2.24) is 4.90 Å². The SMILES string of the molecule is O=C1OC(=O)c2cc(C(=O)N3CCC(OC(c4ccccc4)c4ccccc4)CC3)ccc21.